The molecular formula is C30H26ClN3O5. The van der Waals surface area contributed by atoms with Gasteiger partial charge < -0.3 is 29.0 Å². The van der Waals surface area contributed by atoms with Gasteiger partial charge in [0.05, 0.1) is 13.1 Å². The third-order valence-electron chi connectivity index (χ3n) is 6.91. The lowest BCUT2D eigenvalue weighted by atomic mass is 10.1. The van der Waals surface area contributed by atoms with Crippen LogP contribution in [0.2, 0.25) is 5.02 Å². The summed E-state index contributed by atoms with van der Waals surface area (Å²) in [4.78, 5) is 28.4. The molecule has 9 heteroatoms. The number of nitrogens with zero attached hydrogens (tertiary/aromatic N) is 2. The Kier molecular flexibility index (Phi) is 6.62. The van der Waals surface area contributed by atoms with E-state index in [-0.39, 0.29) is 25.2 Å². The maximum Gasteiger partial charge on any atom is 0.268 e. The number of amides is 2. The normalized spacial score (nSPS) is 13.3. The number of carbonyl (C=O) groups is 2. The summed E-state index contributed by atoms with van der Waals surface area (Å²) >= 11 is 6.05. The zero-order valence-electron chi connectivity index (χ0n) is 21.3. The summed E-state index contributed by atoms with van der Waals surface area (Å²) in [5, 5.41) is 3.62. The molecule has 39 heavy (non-hydrogen) atoms. The molecular weight excluding hydrogens is 518 g/mol. The van der Waals surface area contributed by atoms with Crippen LogP contribution in [-0.2, 0) is 24.4 Å². The summed E-state index contributed by atoms with van der Waals surface area (Å²) in [6.07, 6.45) is 0. The summed E-state index contributed by atoms with van der Waals surface area (Å²) in [6.45, 7) is 3.09. The minimum absolute atomic E-state index is 0.125. The molecule has 0 aliphatic carbocycles. The van der Waals surface area contributed by atoms with Gasteiger partial charge in [0.2, 0.25) is 6.79 Å². The van der Waals surface area contributed by atoms with Crippen molar-refractivity contribution < 1.29 is 23.8 Å². The van der Waals surface area contributed by atoms with Gasteiger partial charge in [0.1, 0.15) is 11.4 Å². The number of nitrogens with one attached hydrogen (secondary N) is 1. The van der Waals surface area contributed by atoms with Crippen LogP contribution in [0.25, 0.3) is 0 Å². The van der Waals surface area contributed by atoms with Crippen molar-refractivity contribution >= 4 is 29.1 Å². The summed E-state index contributed by atoms with van der Waals surface area (Å²) in [5.41, 5.74) is 4.89. The minimum Gasteiger partial charge on any atom is -0.483 e. The molecule has 2 aliphatic rings. The second-order valence-corrected chi connectivity index (χ2v) is 9.91. The van der Waals surface area contributed by atoms with Crippen LogP contribution >= 0.6 is 11.6 Å². The van der Waals surface area contributed by atoms with Gasteiger partial charge in [-0.05, 0) is 72.1 Å². The molecule has 3 heterocycles. The third-order valence-corrected chi connectivity index (χ3v) is 7.15. The van der Waals surface area contributed by atoms with Gasteiger partial charge in [-0.25, -0.2) is 0 Å². The van der Waals surface area contributed by atoms with Crippen LogP contribution in [0.4, 0.5) is 5.69 Å². The zero-order chi connectivity index (χ0) is 26.9. The molecule has 0 bridgehead atoms. The number of ether oxygens (including phenoxy) is 3. The fourth-order valence-corrected chi connectivity index (χ4v) is 5.12. The number of hydrogen-bond donors (Lipinski definition) is 1. The molecule has 6 rings (SSSR count). The SMILES string of the molecule is Cc1cc(Cl)ccc1OCC(=O)N1Cc2ccc(C(=O)NCc3ccc4c(c3)OCO4)n2Cc2ccccc21. The standard InChI is InChI=1S/C30H26ClN3O5/c1-19-12-22(31)7-11-26(19)37-17-29(35)34-16-23-8-9-25(33(23)15-21-4-2-3-5-24(21)34)30(36)32-14-20-6-10-27-28(13-20)39-18-38-27/h2-13H,14-18H2,1H3,(H,32,36). The zero-order valence-corrected chi connectivity index (χ0v) is 22.0. The van der Waals surface area contributed by atoms with Crippen LogP contribution < -0.4 is 24.4 Å². The summed E-state index contributed by atoms with van der Waals surface area (Å²) in [5.74, 6) is 1.61. The van der Waals surface area contributed by atoms with E-state index in [2.05, 4.69) is 5.32 Å². The van der Waals surface area contributed by atoms with Crippen LogP contribution in [0.15, 0.2) is 72.8 Å². The molecule has 4 aromatic rings. The highest BCUT2D eigenvalue weighted by molar-refractivity contribution is 6.30. The number of fused-ring (bicyclic) bond motifs is 3. The van der Waals surface area contributed by atoms with Gasteiger partial charge >= 0.3 is 0 Å². The van der Waals surface area contributed by atoms with E-state index >= 15 is 0 Å². The van der Waals surface area contributed by atoms with Gasteiger partial charge in [0, 0.05) is 22.9 Å². The van der Waals surface area contributed by atoms with Crippen LogP contribution in [0, 0.1) is 6.92 Å². The summed E-state index contributed by atoms with van der Waals surface area (Å²) in [7, 11) is 0. The smallest absolute Gasteiger partial charge is 0.268 e. The van der Waals surface area contributed by atoms with Gasteiger partial charge in [-0.15, -0.1) is 0 Å². The molecule has 0 atom stereocenters. The predicted octanol–water partition coefficient (Wildman–Crippen LogP) is 5.08. The lowest BCUT2D eigenvalue weighted by Crippen LogP contribution is -2.34. The van der Waals surface area contributed by atoms with Gasteiger partial charge in [-0.2, -0.15) is 0 Å². The van der Waals surface area contributed by atoms with Crippen molar-refractivity contribution in [1.29, 1.82) is 0 Å². The Morgan fingerprint density at radius 2 is 1.82 bits per heavy atom. The van der Waals surface area contributed by atoms with E-state index in [4.69, 9.17) is 25.8 Å². The molecule has 2 amide bonds. The molecule has 0 spiro atoms. The monoisotopic (exact) mass is 543 g/mol. The molecule has 0 unspecified atom stereocenters. The molecule has 0 saturated heterocycles. The second kappa shape index (κ2) is 10.4. The van der Waals surface area contributed by atoms with Gasteiger partial charge in [0.15, 0.2) is 18.1 Å². The van der Waals surface area contributed by atoms with Gasteiger partial charge in [-0.1, -0.05) is 35.9 Å². The van der Waals surface area contributed by atoms with Crippen molar-refractivity contribution in [2.75, 3.05) is 18.3 Å². The molecule has 0 radical (unpaired) electrons. The fourth-order valence-electron chi connectivity index (χ4n) is 4.90. The molecule has 1 aromatic heterocycles. The average Bonchev–Trinajstić information content (AvgIpc) is 3.53. The maximum absolute atomic E-state index is 13.4. The highest BCUT2D eigenvalue weighted by Gasteiger charge is 2.27. The van der Waals surface area contributed by atoms with Crippen molar-refractivity contribution in [3.8, 4) is 17.2 Å². The van der Waals surface area contributed by atoms with E-state index in [1.165, 1.54) is 0 Å². The number of aryl methyl sites for hydroxylation is 1. The first-order valence-corrected chi connectivity index (χ1v) is 13.0. The Hall–Kier alpha value is -4.43. The van der Waals surface area contributed by atoms with E-state index in [0.29, 0.717) is 47.6 Å². The molecule has 1 N–H and O–H groups in total. The predicted molar refractivity (Wildman–Crippen MR) is 147 cm³/mol. The first-order valence-electron chi connectivity index (χ1n) is 12.6. The molecule has 3 aromatic carbocycles. The lowest BCUT2D eigenvalue weighted by Gasteiger charge is -2.23. The average molecular weight is 544 g/mol. The maximum atomic E-state index is 13.4. The molecule has 0 fully saturated rings. The lowest BCUT2D eigenvalue weighted by molar-refractivity contribution is -0.120. The minimum atomic E-state index is -0.197. The number of rotatable bonds is 6. The number of anilines is 1. The molecule has 0 saturated carbocycles. The summed E-state index contributed by atoms with van der Waals surface area (Å²) < 4.78 is 18.6. The summed E-state index contributed by atoms with van der Waals surface area (Å²) in [6, 6.07) is 22.3. The van der Waals surface area contributed by atoms with E-state index in [1.54, 1.807) is 29.2 Å². The number of benzene rings is 3. The van der Waals surface area contributed by atoms with Crippen molar-refractivity contribution in [1.82, 2.24) is 9.88 Å². The number of aromatic nitrogens is 1. The Balaban J connectivity index is 1.20. The Morgan fingerprint density at radius 1 is 0.974 bits per heavy atom. The second-order valence-electron chi connectivity index (χ2n) is 9.47. The van der Waals surface area contributed by atoms with Gasteiger partial charge in [-0.3, -0.25) is 9.59 Å². The number of carbonyl (C=O) groups excluding carboxylic acids is 2. The van der Waals surface area contributed by atoms with Crippen molar-refractivity contribution in [2.24, 2.45) is 0 Å². The Labute approximate surface area is 230 Å². The van der Waals surface area contributed by atoms with Crippen LogP contribution in [0.5, 0.6) is 17.2 Å². The van der Waals surface area contributed by atoms with Crippen molar-refractivity contribution in [2.45, 2.75) is 26.6 Å². The Bertz CT molecular complexity index is 1580. The van der Waals surface area contributed by atoms with E-state index in [9.17, 15) is 9.59 Å². The topological polar surface area (TPSA) is 82.0 Å². The largest absolute Gasteiger partial charge is 0.483 e. The van der Waals surface area contributed by atoms with Gasteiger partial charge in [0.25, 0.3) is 11.8 Å². The third kappa shape index (κ3) is 5.03. The highest BCUT2D eigenvalue weighted by Crippen LogP contribution is 2.33. The highest BCUT2D eigenvalue weighted by atomic mass is 35.5. The molecule has 198 valence electrons. The van der Waals surface area contributed by atoms with Crippen LogP contribution in [0.1, 0.15) is 32.9 Å². The van der Waals surface area contributed by atoms with E-state index in [0.717, 1.165) is 28.1 Å². The Morgan fingerprint density at radius 3 is 2.69 bits per heavy atom. The fraction of sp³-hybridized carbons (Fsp3) is 0.200. The number of hydrogen-bond acceptors (Lipinski definition) is 5. The molecule has 2 aliphatic heterocycles. The first kappa shape index (κ1) is 24.9. The quantitative estimate of drug-likeness (QED) is 0.367. The van der Waals surface area contributed by atoms with Crippen LogP contribution in [-0.4, -0.2) is 29.8 Å². The van der Waals surface area contributed by atoms with Crippen molar-refractivity contribution in [3.63, 3.8) is 0 Å². The number of para-hydroxylation sites is 1. The van der Waals surface area contributed by atoms with Crippen molar-refractivity contribution in [3.05, 3.63) is 106 Å². The van der Waals surface area contributed by atoms with E-state index < -0.39 is 0 Å². The number of halogens is 1. The van der Waals surface area contributed by atoms with Crippen LogP contribution in [0.3, 0.4) is 0 Å². The first-order chi connectivity index (χ1) is 19.0. The van der Waals surface area contributed by atoms with E-state index in [1.807, 2.05) is 60.0 Å². The molecule has 8 nitrogen and oxygen atoms in total.